The van der Waals surface area contributed by atoms with E-state index in [0.717, 1.165) is 16.8 Å². The summed E-state index contributed by atoms with van der Waals surface area (Å²) in [5.74, 6) is -0.0362. The van der Waals surface area contributed by atoms with Gasteiger partial charge < -0.3 is 5.32 Å². The van der Waals surface area contributed by atoms with Gasteiger partial charge in [-0.3, -0.25) is 9.52 Å². The smallest absolute Gasteiger partial charge is 0.263 e. The summed E-state index contributed by atoms with van der Waals surface area (Å²) < 4.78 is 27.5. The van der Waals surface area contributed by atoms with Crippen LogP contribution in [-0.4, -0.2) is 29.5 Å². The van der Waals surface area contributed by atoms with Gasteiger partial charge in [0, 0.05) is 17.6 Å². The first-order valence-corrected chi connectivity index (χ1v) is 12.9. The van der Waals surface area contributed by atoms with Crippen LogP contribution in [-0.2, 0) is 14.8 Å². The molecule has 0 fully saturated rings. The predicted molar refractivity (Wildman–Crippen MR) is 133 cm³/mol. The van der Waals surface area contributed by atoms with Crippen molar-refractivity contribution in [2.24, 2.45) is 0 Å². The summed E-state index contributed by atoms with van der Waals surface area (Å²) in [6.45, 7) is 7.57. The van der Waals surface area contributed by atoms with E-state index in [2.05, 4.69) is 26.1 Å². The minimum absolute atomic E-state index is 0.0473. The lowest BCUT2D eigenvalue weighted by Crippen LogP contribution is -2.25. The van der Waals surface area contributed by atoms with Crippen LogP contribution in [0.5, 0.6) is 0 Å². The number of nitriles is 1. The molecule has 8 nitrogen and oxygen atoms in total. The van der Waals surface area contributed by atoms with Crippen molar-refractivity contribution in [3.8, 4) is 6.07 Å². The second-order valence-electron chi connectivity index (χ2n) is 7.59. The molecule has 2 heterocycles. The van der Waals surface area contributed by atoms with Gasteiger partial charge in [-0.15, -0.1) is 0 Å². The summed E-state index contributed by atoms with van der Waals surface area (Å²) in [4.78, 5) is 21.5. The van der Waals surface area contributed by atoms with Crippen LogP contribution in [0.2, 0.25) is 0 Å². The Labute approximate surface area is 203 Å². The zero-order chi connectivity index (χ0) is 24.9. The number of rotatable bonds is 8. The van der Waals surface area contributed by atoms with E-state index in [1.165, 1.54) is 42.2 Å². The summed E-state index contributed by atoms with van der Waals surface area (Å²) in [7, 11) is -3.81. The SMILES string of the molecule is CCC(Sc1nc(C)c(C)c(C)c1C#N)C(=O)Nc1ccc(S(=O)(=O)Nc2ccccn2)cc1. The highest BCUT2D eigenvalue weighted by molar-refractivity contribution is 8.00. The van der Waals surface area contributed by atoms with Gasteiger partial charge in [-0.2, -0.15) is 5.26 Å². The lowest BCUT2D eigenvalue weighted by atomic mass is 10.1. The quantitative estimate of drug-likeness (QED) is 0.438. The van der Waals surface area contributed by atoms with Crippen molar-refractivity contribution in [3.63, 3.8) is 0 Å². The van der Waals surface area contributed by atoms with E-state index < -0.39 is 15.3 Å². The number of anilines is 2. The molecule has 0 saturated carbocycles. The number of aromatic nitrogens is 2. The van der Waals surface area contributed by atoms with Crippen LogP contribution in [0.1, 0.15) is 35.7 Å². The first kappa shape index (κ1) is 25.2. The molecule has 3 aromatic rings. The van der Waals surface area contributed by atoms with Gasteiger partial charge in [-0.25, -0.2) is 18.4 Å². The molecule has 2 aromatic heterocycles. The summed E-state index contributed by atoms with van der Waals surface area (Å²) in [5.41, 5.74) is 3.60. The predicted octanol–water partition coefficient (Wildman–Crippen LogP) is 4.58. The second-order valence-corrected chi connectivity index (χ2v) is 10.5. The van der Waals surface area contributed by atoms with E-state index in [-0.39, 0.29) is 16.6 Å². The van der Waals surface area contributed by atoms with Crippen LogP contribution in [0.25, 0.3) is 0 Å². The topological polar surface area (TPSA) is 125 Å². The number of hydrogen-bond acceptors (Lipinski definition) is 7. The lowest BCUT2D eigenvalue weighted by Gasteiger charge is -2.17. The van der Waals surface area contributed by atoms with Crippen LogP contribution >= 0.6 is 11.8 Å². The van der Waals surface area contributed by atoms with Crippen molar-refractivity contribution in [3.05, 3.63) is 71.0 Å². The highest BCUT2D eigenvalue weighted by Crippen LogP contribution is 2.31. The minimum Gasteiger partial charge on any atom is -0.325 e. The molecule has 176 valence electrons. The maximum absolute atomic E-state index is 12.9. The van der Waals surface area contributed by atoms with E-state index in [0.29, 0.717) is 22.7 Å². The number of sulfonamides is 1. The highest BCUT2D eigenvalue weighted by atomic mass is 32.2. The van der Waals surface area contributed by atoms with Gasteiger partial charge in [-0.1, -0.05) is 24.8 Å². The first-order valence-electron chi connectivity index (χ1n) is 10.6. The number of aryl methyl sites for hydroxylation is 1. The fraction of sp³-hybridized carbons (Fsp3) is 0.250. The first-order chi connectivity index (χ1) is 16.2. The van der Waals surface area contributed by atoms with Crippen molar-refractivity contribution in [2.75, 3.05) is 10.0 Å². The third kappa shape index (κ3) is 5.73. The zero-order valence-electron chi connectivity index (χ0n) is 19.3. The highest BCUT2D eigenvalue weighted by Gasteiger charge is 2.23. The van der Waals surface area contributed by atoms with Gasteiger partial charge >= 0.3 is 0 Å². The molecule has 1 atom stereocenters. The molecule has 0 bridgehead atoms. The van der Waals surface area contributed by atoms with Crippen LogP contribution < -0.4 is 10.0 Å². The largest absolute Gasteiger partial charge is 0.325 e. The van der Waals surface area contributed by atoms with Crippen LogP contribution in [0.15, 0.2) is 58.6 Å². The Kier molecular flexibility index (Phi) is 7.91. The molecule has 3 rings (SSSR count). The molecule has 0 aliphatic heterocycles. The number of nitrogens with one attached hydrogen (secondary N) is 2. The summed E-state index contributed by atoms with van der Waals surface area (Å²) >= 11 is 1.25. The van der Waals surface area contributed by atoms with E-state index in [1.54, 1.807) is 18.2 Å². The molecule has 2 N–H and O–H groups in total. The maximum atomic E-state index is 12.9. The molecule has 0 aliphatic carbocycles. The monoisotopic (exact) mass is 495 g/mol. The molecule has 0 aliphatic rings. The van der Waals surface area contributed by atoms with E-state index in [4.69, 9.17) is 0 Å². The molecule has 34 heavy (non-hydrogen) atoms. The molecule has 0 radical (unpaired) electrons. The van der Waals surface area contributed by atoms with Gasteiger partial charge in [0.05, 0.1) is 15.7 Å². The Morgan fingerprint density at radius 1 is 1.12 bits per heavy atom. The number of carbonyl (C=O) groups excluding carboxylic acids is 1. The van der Waals surface area contributed by atoms with Crippen molar-refractivity contribution in [2.45, 2.75) is 49.3 Å². The Morgan fingerprint density at radius 3 is 2.41 bits per heavy atom. The van der Waals surface area contributed by atoms with Crippen molar-refractivity contribution in [1.29, 1.82) is 5.26 Å². The normalized spacial score (nSPS) is 12.0. The minimum atomic E-state index is -3.81. The summed E-state index contributed by atoms with van der Waals surface area (Å²) in [5, 5.41) is 12.5. The lowest BCUT2D eigenvalue weighted by molar-refractivity contribution is -0.115. The van der Waals surface area contributed by atoms with E-state index in [9.17, 15) is 18.5 Å². The van der Waals surface area contributed by atoms with Crippen molar-refractivity contribution < 1.29 is 13.2 Å². The summed E-state index contributed by atoms with van der Waals surface area (Å²) in [6.07, 6.45) is 2.02. The summed E-state index contributed by atoms with van der Waals surface area (Å²) in [6, 6.07) is 13.0. The number of pyridine rings is 2. The fourth-order valence-corrected chi connectivity index (χ4v) is 5.26. The maximum Gasteiger partial charge on any atom is 0.263 e. The van der Waals surface area contributed by atoms with Crippen LogP contribution in [0.3, 0.4) is 0 Å². The Hall–Kier alpha value is -3.42. The Balaban J connectivity index is 1.73. The molecule has 0 saturated heterocycles. The molecular weight excluding hydrogens is 470 g/mol. The molecule has 1 aromatic carbocycles. The number of hydrogen-bond donors (Lipinski definition) is 2. The van der Waals surface area contributed by atoms with Gasteiger partial charge in [0.25, 0.3) is 10.0 Å². The van der Waals surface area contributed by atoms with Gasteiger partial charge in [0.1, 0.15) is 16.9 Å². The Bertz CT molecular complexity index is 1340. The third-order valence-corrected chi connectivity index (χ3v) is 8.05. The van der Waals surface area contributed by atoms with Crippen LogP contribution in [0.4, 0.5) is 11.5 Å². The zero-order valence-corrected chi connectivity index (χ0v) is 20.9. The van der Waals surface area contributed by atoms with E-state index >= 15 is 0 Å². The standard InChI is InChI=1S/C24H25N5O3S2/c1-5-21(33-24-20(14-25)16(3)15(2)17(4)27-24)23(30)28-18-9-11-19(12-10-18)34(31,32)29-22-8-6-7-13-26-22/h6-13,21H,5H2,1-4H3,(H,26,29)(H,28,30). The van der Waals surface area contributed by atoms with Gasteiger partial charge in [-0.05, 0) is 74.7 Å². The third-order valence-electron chi connectivity index (χ3n) is 5.33. The number of nitrogens with zero attached hydrogens (tertiary/aromatic N) is 3. The van der Waals surface area contributed by atoms with Crippen molar-refractivity contribution in [1.82, 2.24) is 9.97 Å². The molecule has 1 unspecified atom stereocenters. The molecule has 1 amide bonds. The number of carbonyl (C=O) groups is 1. The number of amides is 1. The van der Waals surface area contributed by atoms with Gasteiger partial charge in [0.15, 0.2) is 0 Å². The fourth-order valence-electron chi connectivity index (χ4n) is 3.15. The van der Waals surface area contributed by atoms with Crippen molar-refractivity contribution >= 4 is 39.2 Å². The number of thioether (sulfide) groups is 1. The molecule has 0 spiro atoms. The molecule has 10 heteroatoms. The Morgan fingerprint density at radius 2 is 1.82 bits per heavy atom. The average molecular weight is 496 g/mol. The van der Waals surface area contributed by atoms with E-state index in [1.807, 2.05) is 27.7 Å². The molecular formula is C24H25N5O3S2. The number of benzene rings is 1. The van der Waals surface area contributed by atoms with Gasteiger partial charge in [0.2, 0.25) is 5.91 Å². The second kappa shape index (κ2) is 10.7. The van der Waals surface area contributed by atoms with Crippen LogP contribution in [0, 0.1) is 32.1 Å². The average Bonchev–Trinajstić information content (AvgIpc) is 2.81.